The zero-order chi connectivity index (χ0) is 16.8. The second kappa shape index (κ2) is 7.28. The van der Waals surface area contributed by atoms with E-state index in [1.54, 1.807) is 53.5 Å². The van der Waals surface area contributed by atoms with Crippen molar-refractivity contribution < 1.29 is 18.7 Å². The molecular formula is C17H15N3O4. The Kier molecular flexibility index (Phi) is 4.71. The SMILES string of the molecule is O=C(COC(=O)c1ccc(-n2cccn2)cc1)NCc1ccco1. The third-order valence-electron chi connectivity index (χ3n) is 3.25. The molecule has 1 aromatic carbocycles. The van der Waals surface area contributed by atoms with Gasteiger partial charge in [0.1, 0.15) is 5.76 Å². The summed E-state index contributed by atoms with van der Waals surface area (Å²) in [6.45, 7) is -0.0948. The fourth-order valence-corrected chi connectivity index (χ4v) is 2.04. The van der Waals surface area contributed by atoms with Crippen molar-refractivity contribution in [3.05, 3.63) is 72.4 Å². The Hall–Kier alpha value is -3.35. The molecule has 3 aromatic rings. The highest BCUT2D eigenvalue weighted by molar-refractivity contribution is 5.91. The van der Waals surface area contributed by atoms with Crippen molar-refractivity contribution in [2.75, 3.05) is 6.61 Å². The van der Waals surface area contributed by atoms with Crippen LogP contribution >= 0.6 is 0 Å². The van der Waals surface area contributed by atoms with E-state index in [-0.39, 0.29) is 13.2 Å². The molecule has 7 nitrogen and oxygen atoms in total. The number of carbonyl (C=O) groups is 2. The summed E-state index contributed by atoms with van der Waals surface area (Å²) in [5, 5.41) is 6.70. The molecule has 1 amide bonds. The summed E-state index contributed by atoms with van der Waals surface area (Å²) >= 11 is 0. The Balaban J connectivity index is 1.48. The molecule has 0 saturated heterocycles. The van der Waals surface area contributed by atoms with Gasteiger partial charge >= 0.3 is 5.97 Å². The first-order valence-electron chi connectivity index (χ1n) is 7.28. The molecule has 24 heavy (non-hydrogen) atoms. The number of rotatable bonds is 6. The van der Waals surface area contributed by atoms with Crippen LogP contribution in [0, 0.1) is 0 Å². The Morgan fingerprint density at radius 3 is 2.67 bits per heavy atom. The van der Waals surface area contributed by atoms with Crippen LogP contribution in [0.2, 0.25) is 0 Å². The number of amides is 1. The van der Waals surface area contributed by atoms with Crippen LogP contribution in [0.3, 0.4) is 0 Å². The molecule has 0 aliphatic carbocycles. The van der Waals surface area contributed by atoms with Gasteiger partial charge < -0.3 is 14.5 Å². The van der Waals surface area contributed by atoms with Gasteiger partial charge in [-0.1, -0.05) is 0 Å². The lowest BCUT2D eigenvalue weighted by Crippen LogP contribution is -2.28. The molecular weight excluding hydrogens is 310 g/mol. The molecule has 0 bridgehead atoms. The molecule has 122 valence electrons. The van der Waals surface area contributed by atoms with Crippen LogP contribution < -0.4 is 5.32 Å². The maximum atomic E-state index is 11.9. The van der Waals surface area contributed by atoms with Crippen LogP contribution in [-0.2, 0) is 16.1 Å². The molecule has 3 rings (SSSR count). The summed E-state index contributed by atoms with van der Waals surface area (Å²) in [5.74, 6) is -0.327. The smallest absolute Gasteiger partial charge is 0.338 e. The van der Waals surface area contributed by atoms with Crippen molar-refractivity contribution >= 4 is 11.9 Å². The Morgan fingerprint density at radius 1 is 1.17 bits per heavy atom. The minimum atomic E-state index is -0.560. The number of hydrogen-bond acceptors (Lipinski definition) is 5. The van der Waals surface area contributed by atoms with Crippen LogP contribution in [0.5, 0.6) is 0 Å². The van der Waals surface area contributed by atoms with Gasteiger partial charge in [0.2, 0.25) is 0 Å². The van der Waals surface area contributed by atoms with Gasteiger partial charge in [0, 0.05) is 12.4 Å². The number of nitrogens with zero attached hydrogens (tertiary/aromatic N) is 2. The van der Waals surface area contributed by atoms with Crippen molar-refractivity contribution in [1.82, 2.24) is 15.1 Å². The molecule has 0 unspecified atom stereocenters. The summed E-state index contributed by atoms with van der Waals surface area (Å²) in [6.07, 6.45) is 4.99. The van der Waals surface area contributed by atoms with Crippen LogP contribution in [-0.4, -0.2) is 28.3 Å². The van der Waals surface area contributed by atoms with Crippen molar-refractivity contribution in [1.29, 1.82) is 0 Å². The molecule has 0 aliphatic heterocycles. The van der Waals surface area contributed by atoms with Gasteiger partial charge in [0.25, 0.3) is 5.91 Å². The van der Waals surface area contributed by atoms with E-state index in [1.165, 1.54) is 6.26 Å². The zero-order valence-corrected chi connectivity index (χ0v) is 12.7. The molecule has 0 radical (unpaired) electrons. The number of ether oxygens (including phenoxy) is 1. The molecule has 2 heterocycles. The fraction of sp³-hybridized carbons (Fsp3) is 0.118. The molecule has 0 atom stereocenters. The number of furan rings is 1. The van der Waals surface area contributed by atoms with E-state index in [0.717, 1.165) is 5.69 Å². The van der Waals surface area contributed by atoms with Crippen LogP contribution in [0.25, 0.3) is 5.69 Å². The van der Waals surface area contributed by atoms with Crippen LogP contribution in [0.4, 0.5) is 0 Å². The molecule has 0 aliphatic rings. The van der Waals surface area contributed by atoms with Crippen molar-refractivity contribution in [3.8, 4) is 5.69 Å². The predicted octanol–water partition coefficient (Wildman–Crippen LogP) is 1.94. The molecule has 0 spiro atoms. The Morgan fingerprint density at radius 2 is 2.00 bits per heavy atom. The van der Waals surface area contributed by atoms with Gasteiger partial charge in [-0.15, -0.1) is 0 Å². The topological polar surface area (TPSA) is 86.4 Å². The van der Waals surface area contributed by atoms with Gasteiger partial charge in [0.05, 0.1) is 24.1 Å². The van der Waals surface area contributed by atoms with Gasteiger partial charge in [-0.2, -0.15) is 5.10 Å². The van der Waals surface area contributed by atoms with Gasteiger partial charge in [-0.25, -0.2) is 9.48 Å². The quantitative estimate of drug-likeness (QED) is 0.700. The second-order valence-corrected chi connectivity index (χ2v) is 4.93. The molecule has 7 heteroatoms. The third-order valence-corrected chi connectivity index (χ3v) is 3.25. The minimum absolute atomic E-state index is 0.252. The van der Waals surface area contributed by atoms with E-state index in [4.69, 9.17) is 9.15 Å². The number of carbonyl (C=O) groups excluding carboxylic acids is 2. The fourth-order valence-electron chi connectivity index (χ4n) is 2.04. The second-order valence-electron chi connectivity index (χ2n) is 4.93. The third kappa shape index (κ3) is 3.89. The standard InChI is InChI=1S/C17H15N3O4/c21-16(18-11-15-3-1-10-23-15)12-24-17(22)13-4-6-14(7-5-13)20-9-2-8-19-20/h1-10H,11-12H2,(H,18,21). The number of aromatic nitrogens is 2. The molecule has 1 N–H and O–H groups in total. The summed E-state index contributed by atoms with van der Waals surface area (Å²) in [5.41, 5.74) is 1.19. The molecule has 0 fully saturated rings. The Bertz CT molecular complexity index is 793. The van der Waals surface area contributed by atoms with Crippen LogP contribution in [0.1, 0.15) is 16.1 Å². The van der Waals surface area contributed by atoms with E-state index in [0.29, 0.717) is 11.3 Å². The van der Waals surface area contributed by atoms with Gasteiger partial charge in [-0.05, 0) is 42.5 Å². The van der Waals surface area contributed by atoms with E-state index in [9.17, 15) is 9.59 Å². The van der Waals surface area contributed by atoms with Crippen molar-refractivity contribution in [2.45, 2.75) is 6.54 Å². The van der Waals surface area contributed by atoms with Crippen LogP contribution in [0.15, 0.2) is 65.5 Å². The largest absolute Gasteiger partial charge is 0.467 e. The lowest BCUT2D eigenvalue weighted by molar-refractivity contribution is -0.124. The van der Waals surface area contributed by atoms with E-state index in [2.05, 4.69) is 10.4 Å². The lowest BCUT2D eigenvalue weighted by Gasteiger charge is -2.06. The maximum Gasteiger partial charge on any atom is 0.338 e. The highest BCUT2D eigenvalue weighted by atomic mass is 16.5. The number of hydrogen-bond donors (Lipinski definition) is 1. The minimum Gasteiger partial charge on any atom is -0.467 e. The van der Waals surface area contributed by atoms with Crippen molar-refractivity contribution in [2.24, 2.45) is 0 Å². The average Bonchev–Trinajstić information content (AvgIpc) is 3.31. The number of nitrogens with one attached hydrogen (secondary N) is 1. The van der Waals surface area contributed by atoms with E-state index in [1.807, 2.05) is 6.07 Å². The van der Waals surface area contributed by atoms with E-state index < -0.39 is 11.9 Å². The molecule has 0 saturated carbocycles. The van der Waals surface area contributed by atoms with Gasteiger partial charge in [-0.3, -0.25) is 4.79 Å². The number of esters is 1. The molecule has 2 aromatic heterocycles. The highest BCUT2D eigenvalue weighted by Crippen LogP contribution is 2.09. The average molecular weight is 325 g/mol. The van der Waals surface area contributed by atoms with Gasteiger partial charge in [0.15, 0.2) is 6.61 Å². The summed E-state index contributed by atoms with van der Waals surface area (Å²) in [7, 11) is 0. The summed E-state index contributed by atoms with van der Waals surface area (Å²) in [6, 6.07) is 12.0. The van der Waals surface area contributed by atoms with Crippen molar-refractivity contribution in [3.63, 3.8) is 0 Å². The zero-order valence-electron chi connectivity index (χ0n) is 12.7. The predicted molar refractivity (Wildman–Crippen MR) is 84.4 cm³/mol. The number of benzene rings is 1. The first kappa shape index (κ1) is 15.5. The maximum absolute atomic E-state index is 11.9. The first-order chi connectivity index (χ1) is 11.7. The highest BCUT2D eigenvalue weighted by Gasteiger charge is 2.10. The lowest BCUT2D eigenvalue weighted by atomic mass is 10.2. The van der Waals surface area contributed by atoms with E-state index >= 15 is 0 Å². The monoisotopic (exact) mass is 325 g/mol. The summed E-state index contributed by atoms with van der Waals surface area (Å²) in [4.78, 5) is 23.6. The Labute approximate surface area is 137 Å². The first-order valence-corrected chi connectivity index (χ1v) is 7.28. The normalized spacial score (nSPS) is 10.3. The summed E-state index contributed by atoms with van der Waals surface area (Å²) < 4.78 is 11.8.